The molecule has 1 atom stereocenters. The van der Waals surface area contributed by atoms with Gasteiger partial charge in [0.05, 0.1) is 5.92 Å². The van der Waals surface area contributed by atoms with E-state index in [0.29, 0.717) is 6.42 Å². The Labute approximate surface area is 126 Å². The van der Waals surface area contributed by atoms with Gasteiger partial charge in [0.1, 0.15) is 0 Å². The molecule has 0 saturated carbocycles. The van der Waals surface area contributed by atoms with E-state index in [9.17, 15) is 9.90 Å². The lowest BCUT2D eigenvalue weighted by Gasteiger charge is -2.14. The van der Waals surface area contributed by atoms with Crippen molar-refractivity contribution in [1.29, 1.82) is 0 Å². The molecule has 0 aliphatic rings. The number of benzene rings is 2. The first-order chi connectivity index (χ1) is 10.1. The lowest BCUT2D eigenvalue weighted by Crippen LogP contribution is -2.12. The summed E-state index contributed by atoms with van der Waals surface area (Å²) < 4.78 is 0. The molecule has 1 unspecified atom stereocenters. The average Bonchev–Trinajstić information content (AvgIpc) is 2.47. The van der Waals surface area contributed by atoms with Crippen molar-refractivity contribution < 1.29 is 9.90 Å². The largest absolute Gasteiger partial charge is 0.481 e. The molecule has 0 aliphatic carbocycles. The summed E-state index contributed by atoms with van der Waals surface area (Å²) in [5.74, 6) is -1.14. The van der Waals surface area contributed by atoms with E-state index in [2.05, 4.69) is 12.1 Å². The van der Waals surface area contributed by atoms with Crippen molar-refractivity contribution in [1.82, 2.24) is 0 Å². The molecule has 2 heteroatoms. The molecular weight excluding hydrogens is 260 g/mol. The monoisotopic (exact) mass is 282 g/mol. The second-order valence-corrected chi connectivity index (χ2v) is 5.61. The second-order valence-electron chi connectivity index (χ2n) is 5.61. The van der Waals surface area contributed by atoms with E-state index >= 15 is 0 Å². The lowest BCUT2D eigenvalue weighted by molar-refractivity contribution is -0.139. The lowest BCUT2D eigenvalue weighted by atomic mass is 9.91. The Morgan fingerprint density at radius 1 is 1.05 bits per heavy atom. The number of hydrogen-bond acceptors (Lipinski definition) is 1. The molecule has 0 radical (unpaired) electrons. The van der Waals surface area contributed by atoms with Crippen molar-refractivity contribution in [2.24, 2.45) is 0 Å². The van der Waals surface area contributed by atoms with Crippen LogP contribution in [0.3, 0.4) is 0 Å². The Kier molecular flexibility index (Phi) is 5.15. The van der Waals surface area contributed by atoms with E-state index in [-0.39, 0.29) is 0 Å². The molecule has 2 nitrogen and oxygen atoms in total. The number of rotatable bonds is 6. The van der Waals surface area contributed by atoms with Crippen LogP contribution < -0.4 is 0 Å². The third-order valence-corrected chi connectivity index (χ3v) is 4.03. The Balaban J connectivity index is 2.02. The first-order valence-corrected chi connectivity index (χ1v) is 7.42. The molecule has 2 aromatic carbocycles. The Hall–Kier alpha value is -2.09. The van der Waals surface area contributed by atoms with Crippen LogP contribution >= 0.6 is 0 Å². The van der Waals surface area contributed by atoms with Gasteiger partial charge in [-0.15, -0.1) is 0 Å². The number of hydrogen-bond donors (Lipinski definition) is 1. The predicted molar refractivity (Wildman–Crippen MR) is 85.7 cm³/mol. The highest BCUT2D eigenvalue weighted by Gasteiger charge is 2.19. The van der Waals surface area contributed by atoms with Crippen LogP contribution in [0.4, 0.5) is 0 Å². The van der Waals surface area contributed by atoms with E-state index in [4.69, 9.17) is 0 Å². The third-order valence-electron chi connectivity index (χ3n) is 4.03. The highest BCUT2D eigenvalue weighted by atomic mass is 16.4. The first kappa shape index (κ1) is 15.3. The minimum atomic E-state index is -0.730. The molecule has 110 valence electrons. The summed E-state index contributed by atoms with van der Waals surface area (Å²) in [5.41, 5.74) is 4.54. The van der Waals surface area contributed by atoms with Gasteiger partial charge in [0, 0.05) is 0 Å². The van der Waals surface area contributed by atoms with Gasteiger partial charge in [-0.05, 0) is 55.4 Å². The van der Waals surface area contributed by atoms with Crippen LogP contribution in [0.1, 0.15) is 41.0 Å². The average molecular weight is 282 g/mol. The molecule has 0 bridgehead atoms. The maximum Gasteiger partial charge on any atom is 0.310 e. The molecule has 0 spiro atoms. The number of aliphatic carboxylic acids is 1. The van der Waals surface area contributed by atoms with Gasteiger partial charge in [0.25, 0.3) is 0 Å². The highest BCUT2D eigenvalue weighted by Crippen LogP contribution is 2.24. The molecule has 0 saturated heterocycles. The fourth-order valence-electron chi connectivity index (χ4n) is 2.57. The molecule has 0 fully saturated rings. The van der Waals surface area contributed by atoms with Crippen LogP contribution in [-0.2, 0) is 11.2 Å². The van der Waals surface area contributed by atoms with E-state index in [1.807, 2.05) is 50.2 Å². The van der Waals surface area contributed by atoms with Gasteiger partial charge in [-0.3, -0.25) is 4.79 Å². The summed E-state index contributed by atoms with van der Waals surface area (Å²) in [4.78, 5) is 11.5. The maximum absolute atomic E-state index is 11.5. The van der Waals surface area contributed by atoms with Crippen molar-refractivity contribution in [3.05, 3.63) is 70.8 Å². The van der Waals surface area contributed by atoms with Gasteiger partial charge >= 0.3 is 5.97 Å². The summed E-state index contributed by atoms with van der Waals surface area (Å²) in [7, 11) is 0. The summed E-state index contributed by atoms with van der Waals surface area (Å²) in [6.07, 6.45) is 2.48. The zero-order valence-electron chi connectivity index (χ0n) is 12.7. The molecule has 2 rings (SSSR count). The van der Waals surface area contributed by atoms with Gasteiger partial charge < -0.3 is 5.11 Å². The number of aryl methyl sites for hydroxylation is 3. The van der Waals surface area contributed by atoms with Gasteiger partial charge in [0.15, 0.2) is 0 Å². The Morgan fingerprint density at radius 3 is 2.38 bits per heavy atom. The van der Waals surface area contributed by atoms with Crippen molar-refractivity contribution in [3.8, 4) is 0 Å². The molecule has 2 aromatic rings. The summed E-state index contributed by atoms with van der Waals surface area (Å²) >= 11 is 0. The molecule has 0 heterocycles. The van der Waals surface area contributed by atoms with Crippen molar-refractivity contribution in [2.45, 2.75) is 39.0 Å². The molecule has 1 N–H and O–H groups in total. The number of carboxylic acid groups (broad SMARTS) is 1. The zero-order valence-corrected chi connectivity index (χ0v) is 12.7. The topological polar surface area (TPSA) is 37.3 Å². The van der Waals surface area contributed by atoms with E-state index in [1.54, 1.807) is 0 Å². The fraction of sp³-hybridized carbons (Fsp3) is 0.316. The quantitative estimate of drug-likeness (QED) is 0.847. The minimum absolute atomic E-state index is 0.409. The van der Waals surface area contributed by atoms with Crippen LogP contribution in [0.25, 0.3) is 0 Å². The smallest absolute Gasteiger partial charge is 0.310 e. The van der Waals surface area contributed by atoms with Gasteiger partial charge in [-0.25, -0.2) is 0 Å². The maximum atomic E-state index is 11.5. The standard InChI is InChI=1S/C19H22O2/c1-14-11-12-17(13-15(14)2)18(19(20)21)10-6-9-16-7-4-3-5-8-16/h3-5,7-8,11-13,18H,6,9-10H2,1-2H3,(H,20,21). The van der Waals surface area contributed by atoms with Crippen molar-refractivity contribution in [2.75, 3.05) is 0 Å². The molecule has 0 amide bonds. The number of carbonyl (C=O) groups is 1. The van der Waals surface area contributed by atoms with E-state index < -0.39 is 11.9 Å². The highest BCUT2D eigenvalue weighted by molar-refractivity contribution is 5.76. The van der Waals surface area contributed by atoms with Crippen LogP contribution in [0.2, 0.25) is 0 Å². The van der Waals surface area contributed by atoms with E-state index in [1.165, 1.54) is 11.1 Å². The minimum Gasteiger partial charge on any atom is -0.481 e. The summed E-state index contributed by atoms with van der Waals surface area (Å²) in [6, 6.07) is 16.2. The SMILES string of the molecule is Cc1ccc(C(CCCc2ccccc2)C(=O)O)cc1C. The van der Waals surface area contributed by atoms with Crippen LogP contribution in [0, 0.1) is 13.8 Å². The first-order valence-electron chi connectivity index (χ1n) is 7.42. The van der Waals surface area contributed by atoms with E-state index in [0.717, 1.165) is 24.0 Å². The third kappa shape index (κ3) is 4.19. The fourth-order valence-corrected chi connectivity index (χ4v) is 2.57. The van der Waals surface area contributed by atoms with Gasteiger partial charge in [0.2, 0.25) is 0 Å². The zero-order chi connectivity index (χ0) is 15.2. The van der Waals surface area contributed by atoms with Crippen LogP contribution in [-0.4, -0.2) is 11.1 Å². The molecule has 21 heavy (non-hydrogen) atoms. The van der Waals surface area contributed by atoms with Gasteiger partial charge in [-0.1, -0.05) is 48.5 Å². The Morgan fingerprint density at radius 2 is 1.76 bits per heavy atom. The molecule has 0 aliphatic heterocycles. The van der Waals surface area contributed by atoms with Crippen LogP contribution in [0.15, 0.2) is 48.5 Å². The number of carboxylic acids is 1. The summed E-state index contributed by atoms with van der Waals surface area (Å²) in [6.45, 7) is 4.08. The molecule has 0 aromatic heterocycles. The normalized spacial score (nSPS) is 12.1. The summed E-state index contributed by atoms with van der Waals surface area (Å²) in [5, 5.41) is 9.48. The second kappa shape index (κ2) is 7.07. The predicted octanol–water partition coefficient (Wildman–Crippen LogP) is 4.49. The van der Waals surface area contributed by atoms with Gasteiger partial charge in [-0.2, -0.15) is 0 Å². The molecular formula is C19H22O2. The van der Waals surface area contributed by atoms with Crippen LogP contribution in [0.5, 0.6) is 0 Å². The Bertz CT molecular complexity index is 602. The van der Waals surface area contributed by atoms with Crippen molar-refractivity contribution in [3.63, 3.8) is 0 Å². The van der Waals surface area contributed by atoms with Crippen molar-refractivity contribution >= 4 is 5.97 Å².